The molecule has 4 fully saturated rings. The Bertz CT molecular complexity index is 226. The molecule has 0 heterocycles. The maximum Gasteiger partial charge on any atom is -0.0404 e. The summed E-state index contributed by atoms with van der Waals surface area (Å²) in [6, 6.07) is 0. The van der Waals surface area contributed by atoms with Crippen molar-refractivity contribution in [3.8, 4) is 0 Å². The lowest BCUT2D eigenvalue weighted by Crippen LogP contribution is -2.50. The summed E-state index contributed by atoms with van der Waals surface area (Å²) in [4.78, 5) is 10.9. The highest BCUT2D eigenvalue weighted by molar-refractivity contribution is 9.10. The van der Waals surface area contributed by atoms with E-state index in [0.717, 1.165) is 17.8 Å². The van der Waals surface area contributed by atoms with Crippen LogP contribution in [0.15, 0.2) is 0 Å². The van der Waals surface area contributed by atoms with E-state index in [2.05, 4.69) is 22.2 Å². The molecular formula is C12H16BrO-. The fraction of sp³-hybridized carbons (Fsp3) is 0.917. The van der Waals surface area contributed by atoms with Crippen LogP contribution in [-0.2, 0) is 4.79 Å². The van der Waals surface area contributed by atoms with Crippen LogP contribution < -0.4 is 0 Å². The monoisotopic (exact) mass is 255 g/mol. The van der Waals surface area contributed by atoms with E-state index >= 15 is 0 Å². The summed E-state index contributed by atoms with van der Waals surface area (Å²) in [5.41, 5.74) is 0.302. The first-order valence-electron chi connectivity index (χ1n) is 5.73. The topological polar surface area (TPSA) is 17.1 Å². The molecule has 4 saturated carbocycles. The highest BCUT2D eigenvalue weighted by Crippen LogP contribution is 2.62. The molecule has 78 valence electrons. The van der Waals surface area contributed by atoms with Crippen molar-refractivity contribution in [2.24, 2.45) is 23.2 Å². The van der Waals surface area contributed by atoms with Gasteiger partial charge in [-0.2, -0.15) is 0 Å². The van der Waals surface area contributed by atoms with E-state index in [1.807, 2.05) is 0 Å². The molecule has 0 saturated heterocycles. The minimum absolute atomic E-state index is 0.00315. The molecule has 1 nitrogen and oxygen atoms in total. The lowest BCUT2D eigenvalue weighted by molar-refractivity contribution is -0.0444. The second-order valence-corrected chi connectivity index (χ2v) is 6.68. The van der Waals surface area contributed by atoms with Gasteiger partial charge in [-0.05, 0) is 61.7 Å². The minimum Gasteiger partial charge on any atom is -0.541 e. The molecule has 0 N–H and O–H groups in total. The number of alkyl halides is 1. The van der Waals surface area contributed by atoms with Crippen LogP contribution in [0.5, 0.6) is 0 Å². The zero-order valence-electron chi connectivity index (χ0n) is 8.34. The van der Waals surface area contributed by atoms with Crippen LogP contribution in [0.2, 0.25) is 0 Å². The van der Waals surface area contributed by atoms with Crippen LogP contribution >= 0.6 is 15.9 Å². The molecule has 4 rings (SSSR count). The van der Waals surface area contributed by atoms with Crippen molar-refractivity contribution < 1.29 is 4.79 Å². The van der Waals surface area contributed by atoms with Crippen molar-refractivity contribution in [1.82, 2.24) is 0 Å². The quantitative estimate of drug-likeness (QED) is 0.548. The Morgan fingerprint density at radius 2 is 1.50 bits per heavy atom. The van der Waals surface area contributed by atoms with Gasteiger partial charge in [0, 0.05) is 0 Å². The largest absolute Gasteiger partial charge is 0.541 e. The highest BCUT2D eigenvalue weighted by atomic mass is 79.9. The van der Waals surface area contributed by atoms with Gasteiger partial charge in [0.2, 0.25) is 0 Å². The first-order valence-corrected chi connectivity index (χ1v) is 6.65. The first kappa shape index (κ1) is 9.38. The molecule has 0 aromatic carbocycles. The van der Waals surface area contributed by atoms with E-state index < -0.39 is 0 Å². The fourth-order valence-corrected chi connectivity index (χ4v) is 5.17. The SMILES string of the molecule is O=[C-]C(Br)C12CC3CC(CC(C3)C1)C2. The van der Waals surface area contributed by atoms with Gasteiger partial charge in [0.1, 0.15) is 0 Å². The maximum absolute atomic E-state index is 10.8. The van der Waals surface area contributed by atoms with Crippen LogP contribution in [0.25, 0.3) is 0 Å². The second-order valence-electron chi connectivity index (χ2n) is 5.76. The fourth-order valence-electron chi connectivity index (χ4n) is 4.61. The summed E-state index contributed by atoms with van der Waals surface area (Å²) < 4.78 is 0. The van der Waals surface area contributed by atoms with Gasteiger partial charge in [-0.3, -0.25) is 0 Å². The van der Waals surface area contributed by atoms with E-state index in [4.69, 9.17) is 0 Å². The molecule has 4 aliphatic rings. The molecule has 4 bridgehead atoms. The average Bonchev–Trinajstić information content (AvgIpc) is 2.14. The predicted octanol–water partition coefficient (Wildman–Crippen LogP) is 3.08. The number of hydrogen-bond donors (Lipinski definition) is 0. The Morgan fingerprint density at radius 1 is 1.07 bits per heavy atom. The molecule has 0 spiro atoms. The molecule has 0 aliphatic heterocycles. The Hall–Kier alpha value is 0.150. The molecule has 0 aromatic heterocycles. The number of hydrogen-bond acceptors (Lipinski definition) is 1. The zero-order chi connectivity index (χ0) is 9.76. The van der Waals surface area contributed by atoms with Gasteiger partial charge in [-0.25, -0.2) is 6.29 Å². The Labute approximate surface area is 93.8 Å². The van der Waals surface area contributed by atoms with E-state index in [9.17, 15) is 4.79 Å². The molecule has 0 amide bonds. The summed E-state index contributed by atoms with van der Waals surface area (Å²) in [5.74, 6) is 2.78. The molecule has 1 unspecified atom stereocenters. The number of halogens is 1. The van der Waals surface area contributed by atoms with E-state index in [0.29, 0.717) is 5.41 Å². The van der Waals surface area contributed by atoms with Crippen LogP contribution in [-0.4, -0.2) is 11.1 Å². The number of carbonyl (C=O) groups excluding carboxylic acids is 1. The summed E-state index contributed by atoms with van der Waals surface area (Å²) in [6.07, 6.45) is 10.4. The zero-order valence-corrected chi connectivity index (χ0v) is 9.92. The van der Waals surface area contributed by atoms with E-state index in [1.165, 1.54) is 38.5 Å². The standard InChI is InChI=1S/C12H16BrO/c13-11(7-14)12-4-8-1-9(5-12)3-10(2-8)6-12/h8-11H,1-6H2/q-1. The van der Waals surface area contributed by atoms with Crippen molar-refractivity contribution in [3.63, 3.8) is 0 Å². The number of rotatable bonds is 2. The molecule has 0 aromatic rings. The smallest absolute Gasteiger partial charge is 0.0404 e. The van der Waals surface area contributed by atoms with Crippen LogP contribution in [0.4, 0.5) is 0 Å². The van der Waals surface area contributed by atoms with Gasteiger partial charge in [0.15, 0.2) is 0 Å². The van der Waals surface area contributed by atoms with Crippen LogP contribution in [0, 0.1) is 23.2 Å². The summed E-state index contributed by atoms with van der Waals surface area (Å²) >= 11 is 3.54. The summed E-state index contributed by atoms with van der Waals surface area (Å²) in [7, 11) is 0. The third-order valence-corrected chi connectivity index (χ3v) is 5.88. The maximum atomic E-state index is 10.8. The third-order valence-electron chi connectivity index (χ3n) is 4.73. The highest BCUT2D eigenvalue weighted by Gasteiger charge is 2.51. The molecule has 1 atom stereocenters. The molecular weight excluding hydrogens is 240 g/mol. The van der Waals surface area contributed by atoms with Crippen molar-refractivity contribution in [3.05, 3.63) is 0 Å². The van der Waals surface area contributed by atoms with Crippen molar-refractivity contribution >= 4 is 22.2 Å². The summed E-state index contributed by atoms with van der Waals surface area (Å²) in [6.45, 7) is 0. The molecule has 14 heavy (non-hydrogen) atoms. The van der Waals surface area contributed by atoms with E-state index in [-0.39, 0.29) is 4.83 Å². The Balaban J connectivity index is 1.90. The lowest BCUT2D eigenvalue weighted by atomic mass is 9.49. The van der Waals surface area contributed by atoms with Gasteiger partial charge < -0.3 is 4.79 Å². The van der Waals surface area contributed by atoms with Crippen molar-refractivity contribution in [2.45, 2.75) is 43.4 Å². The van der Waals surface area contributed by atoms with Crippen LogP contribution in [0.1, 0.15) is 38.5 Å². The minimum atomic E-state index is 0.00315. The van der Waals surface area contributed by atoms with Gasteiger partial charge in [-0.15, -0.1) is 15.9 Å². The predicted molar refractivity (Wildman–Crippen MR) is 59.0 cm³/mol. The van der Waals surface area contributed by atoms with Crippen molar-refractivity contribution in [1.29, 1.82) is 0 Å². The second kappa shape index (κ2) is 3.07. The van der Waals surface area contributed by atoms with E-state index in [1.54, 1.807) is 0 Å². The van der Waals surface area contributed by atoms with Gasteiger partial charge in [-0.1, -0.05) is 4.83 Å². The molecule has 4 aliphatic carbocycles. The first-order chi connectivity index (χ1) is 6.72. The average molecular weight is 256 g/mol. The summed E-state index contributed by atoms with van der Waals surface area (Å²) in [5, 5.41) is 0. The van der Waals surface area contributed by atoms with Gasteiger partial charge in [0.25, 0.3) is 0 Å². The van der Waals surface area contributed by atoms with Crippen molar-refractivity contribution in [2.75, 3.05) is 0 Å². The molecule has 0 radical (unpaired) electrons. The Morgan fingerprint density at radius 3 is 1.86 bits per heavy atom. The van der Waals surface area contributed by atoms with Gasteiger partial charge in [0.05, 0.1) is 0 Å². The normalized spacial score (nSPS) is 51.9. The lowest BCUT2D eigenvalue weighted by Gasteiger charge is -2.60. The third kappa shape index (κ3) is 1.22. The van der Waals surface area contributed by atoms with Gasteiger partial charge >= 0.3 is 0 Å². The molecule has 2 heteroatoms. The van der Waals surface area contributed by atoms with Crippen LogP contribution in [0.3, 0.4) is 0 Å². The Kier molecular flexibility index (Phi) is 2.06.